The highest BCUT2D eigenvalue weighted by molar-refractivity contribution is 6.09. The fourth-order valence-corrected chi connectivity index (χ4v) is 2.30. The maximum absolute atomic E-state index is 13.7. The fraction of sp³-hybridized carbons (Fsp3) is 0.235. The first-order valence-corrected chi connectivity index (χ1v) is 6.69. The Bertz CT molecular complexity index is 627. The van der Waals surface area contributed by atoms with E-state index in [1.54, 1.807) is 12.1 Å². The largest absolute Gasteiger partial charge is 0.288 e. The molecule has 0 aromatic heterocycles. The predicted molar refractivity (Wildman–Crippen MR) is 75.0 cm³/mol. The second-order valence-corrected chi connectivity index (χ2v) is 4.62. The number of hydrogen-bond acceptors (Lipinski definition) is 1. The summed E-state index contributed by atoms with van der Waals surface area (Å²) in [7, 11) is 0. The van der Waals surface area contributed by atoms with Crippen LogP contribution >= 0.6 is 0 Å². The molecule has 20 heavy (non-hydrogen) atoms. The van der Waals surface area contributed by atoms with Crippen LogP contribution in [0.1, 0.15) is 40.9 Å². The van der Waals surface area contributed by atoms with Gasteiger partial charge in [-0.1, -0.05) is 32.0 Å². The van der Waals surface area contributed by atoms with E-state index in [0.717, 1.165) is 36.1 Å². The molecule has 0 spiro atoms. The Morgan fingerprint density at radius 3 is 2.10 bits per heavy atom. The van der Waals surface area contributed by atoms with Gasteiger partial charge in [-0.3, -0.25) is 4.79 Å². The van der Waals surface area contributed by atoms with Gasteiger partial charge < -0.3 is 0 Å². The molecule has 0 fully saturated rings. The van der Waals surface area contributed by atoms with Crippen molar-refractivity contribution in [1.29, 1.82) is 0 Å². The van der Waals surface area contributed by atoms with Crippen molar-refractivity contribution in [3.8, 4) is 0 Å². The van der Waals surface area contributed by atoms with Gasteiger partial charge in [-0.2, -0.15) is 0 Å². The summed E-state index contributed by atoms with van der Waals surface area (Å²) in [5.41, 5.74) is 2.02. The Hall–Kier alpha value is -2.03. The molecule has 2 aromatic carbocycles. The first kappa shape index (κ1) is 14.4. The van der Waals surface area contributed by atoms with E-state index in [1.165, 1.54) is 6.07 Å². The fourth-order valence-electron chi connectivity index (χ4n) is 2.30. The zero-order valence-electron chi connectivity index (χ0n) is 11.5. The maximum atomic E-state index is 13.7. The average Bonchev–Trinajstić information content (AvgIpc) is 2.46. The molecule has 0 N–H and O–H groups in total. The zero-order chi connectivity index (χ0) is 14.7. The van der Waals surface area contributed by atoms with Crippen LogP contribution in [-0.4, -0.2) is 5.78 Å². The lowest BCUT2D eigenvalue weighted by Crippen LogP contribution is -2.08. The number of benzene rings is 2. The van der Waals surface area contributed by atoms with Crippen LogP contribution in [0.25, 0.3) is 0 Å². The molecule has 0 atom stereocenters. The minimum Gasteiger partial charge on any atom is -0.288 e. The van der Waals surface area contributed by atoms with Crippen LogP contribution in [-0.2, 0) is 12.8 Å². The summed E-state index contributed by atoms with van der Waals surface area (Å²) in [4.78, 5) is 12.3. The molecule has 2 rings (SSSR count). The first-order chi connectivity index (χ1) is 9.58. The Morgan fingerprint density at radius 1 is 0.950 bits per heavy atom. The van der Waals surface area contributed by atoms with Gasteiger partial charge in [0.2, 0.25) is 0 Å². The molecule has 104 valence electrons. The van der Waals surface area contributed by atoms with Crippen molar-refractivity contribution in [2.24, 2.45) is 0 Å². The number of ketones is 1. The molecule has 1 nitrogen and oxygen atoms in total. The van der Waals surface area contributed by atoms with Gasteiger partial charge >= 0.3 is 0 Å². The predicted octanol–water partition coefficient (Wildman–Crippen LogP) is 4.32. The van der Waals surface area contributed by atoms with E-state index in [0.29, 0.717) is 5.56 Å². The summed E-state index contributed by atoms with van der Waals surface area (Å²) in [6, 6.07) is 8.65. The summed E-state index contributed by atoms with van der Waals surface area (Å²) in [5, 5.41) is 0. The number of rotatable bonds is 4. The molecule has 0 amide bonds. The van der Waals surface area contributed by atoms with E-state index in [1.807, 2.05) is 19.9 Å². The topological polar surface area (TPSA) is 17.1 Å². The van der Waals surface area contributed by atoms with Crippen molar-refractivity contribution in [1.82, 2.24) is 0 Å². The number of hydrogen-bond donors (Lipinski definition) is 0. The van der Waals surface area contributed by atoms with Crippen LogP contribution in [0.4, 0.5) is 8.78 Å². The minimum atomic E-state index is -0.826. The van der Waals surface area contributed by atoms with Crippen molar-refractivity contribution in [2.75, 3.05) is 0 Å². The number of carbonyl (C=O) groups is 1. The molecule has 0 aliphatic carbocycles. The SMILES string of the molecule is CCc1ccc(C(=O)c2c(F)cccc2F)cc1CC. The lowest BCUT2D eigenvalue weighted by atomic mass is 9.95. The van der Waals surface area contributed by atoms with Crippen molar-refractivity contribution >= 4 is 5.78 Å². The lowest BCUT2D eigenvalue weighted by Gasteiger charge is -2.09. The first-order valence-electron chi connectivity index (χ1n) is 6.69. The van der Waals surface area contributed by atoms with E-state index >= 15 is 0 Å². The molecule has 0 unspecified atom stereocenters. The smallest absolute Gasteiger partial charge is 0.198 e. The Balaban J connectivity index is 2.49. The Kier molecular flexibility index (Phi) is 4.28. The van der Waals surface area contributed by atoms with Crippen LogP contribution < -0.4 is 0 Å². The highest BCUT2D eigenvalue weighted by Crippen LogP contribution is 2.20. The van der Waals surface area contributed by atoms with E-state index < -0.39 is 23.0 Å². The van der Waals surface area contributed by atoms with Crippen molar-refractivity contribution in [3.63, 3.8) is 0 Å². The molecular formula is C17H16F2O. The second kappa shape index (κ2) is 5.95. The van der Waals surface area contributed by atoms with Gasteiger partial charge in [0.15, 0.2) is 5.78 Å². The van der Waals surface area contributed by atoms with Crippen molar-refractivity contribution in [3.05, 3.63) is 70.3 Å². The molecule has 0 aliphatic heterocycles. The van der Waals surface area contributed by atoms with Crippen LogP contribution in [0.5, 0.6) is 0 Å². The molecule has 0 heterocycles. The molecule has 0 saturated carbocycles. The summed E-state index contributed by atoms with van der Waals surface area (Å²) in [6.45, 7) is 4.03. The van der Waals surface area contributed by atoms with Gasteiger partial charge in [0, 0.05) is 5.56 Å². The molecule has 0 bridgehead atoms. The Labute approximate surface area is 117 Å². The third-order valence-corrected chi connectivity index (χ3v) is 3.42. The maximum Gasteiger partial charge on any atom is 0.198 e. The quantitative estimate of drug-likeness (QED) is 0.759. The standard InChI is InChI=1S/C17H16F2O/c1-3-11-8-9-13(10-12(11)4-2)17(20)16-14(18)6-5-7-15(16)19/h5-10H,3-4H2,1-2H3. The van der Waals surface area contributed by atoms with Crippen LogP contribution in [0.15, 0.2) is 36.4 Å². The lowest BCUT2D eigenvalue weighted by molar-refractivity contribution is 0.103. The highest BCUT2D eigenvalue weighted by atomic mass is 19.1. The third-order valence-electron chi connectivity index (χ3n) is 3.42. The third kappa shape index (κ3) is 2.62. The summed E-state index contributed by atoms with van der Waals surface area (Å²) in [5.74, 6) is -2.27. The molecule has 2 aromatic rings. The van der Waals surface area contributed by atoms with Crippen LogP contribution in [0.2, 0.25) is 0 Å². The summed E-state index contributed by atoms with van der Waals surface area (Å²) >= 11 is 0. The minimum absolute atomic E-state index is 0.322. The molecular weight excluding hydrogens is 258 g/mol. The molecule has 0 radical (unpaired) electrons. The van der Waals surface area contributed by atoms with Gasteiger partial charge in [0.05, 0.1) is 5.56 Å². The van der Waals surface area contributed by atoms with Gasteiger partial charge in [0.25, 0.3) is 0 Å². The van der Waals surface area contributed by atoms with E-state index in [4.69, 9.17) is 0 Å². The summed E-state index contributed by atoms with van der Waals surface area (Å²) in [6.07, 6.45) is 1.65. The van der Waals surface area contributed by atoms with Gasteiger partial charge in [-0.15, -0.1) is 0 Å². The van der Waals surface area contributed by atoms with Crippen molar-refractivity contribution < 1.29 is 13.6 Å². The van der Waals surface area contributed by atoms with Crippen LogP contribution in [0.3, 0.4) is 0 Å². The van der Waals surface area contributed by atoms with Gasteiger partial charge in [-0.05, 0) is 42.2 Å². The molecule has 0 saturated heterocycles. The average molecular weight is 274 g/mol. The van der Waals surface area contributed by atoms with Crippen LogP contribution in [0, 0.1) is 11.6 Å². The van der Waals surface area contributed by atoms with E-state index in [2.05, 4.69) is 0 Å². The number of aryl methyl sites for hydroxylation is 2. The monoisotopic (exact) mass is 274 g/mol. The highest BCUT2D eigenvalue weighted by Gasteiger charge is 2.19. The Morgan fingerprint density at radius 2 is 1.55 bits per heavy atom. The normalized spacial score (nSPS) is 10.6. The molecule has 0 aliphatic rings. The number of carbonyl (C=O) groups excluding carboxylic acids is 1. The number of halogens is 2. The zero-order valence-corrected chi connectivity index (χ0v) is 11.5. The van der Waals surface area contributed by atoms with Gasteiger partial charge in [-0.25, -0.2) is 8.78 Å². The van der Waals surface area contributed by atoms with E-state index in [-0.39, 0.29) is 0 Å². The van der Waals surface area contributed by atoms with Gasteiger partial charge in [0.1, 0.15) is 11.6 Å². The second-order valence-electron chi connectivity index (χ2n) is 4.62. The molecule has 3 heteroatoms. The van der Waals surface area contributed by atoms with Crippen molar-refractivity contribution in [2.45, 2.75) is 26.7 Å². The summed E-state index contributed by atoms with van der Waals surface area (Å²) < 4.78 is 27.3. The van der Waals surface area contributed by atoms with E-state index in [9.17, 15) is 13.6 Å².